The summed E-state index contributed by atoms with van der Waals surface area (Å²) in [7, 11) is 0. The topological polar surface area (TPSA) is 184 Å². The second kappa shape index (κ2) is 18.4. The predicted octanol–water partition coefficient (Wildman–Crippen LogP) is 2.53. The number of hydrazone groups is 1. The van der Waals surface area contributed by atoms with Gasteiger partial charge in [-0.3, -0.25) is 9.78 Å². The lowest BCUT2D eigenvalue weighted by atomic mass is 10.0. The molecular formula is C29H39N5O8. The van der Waals surface area contributed by atoms with E-state index in [4.69, 9.17) is 29.9 Å². The van der Waals surface area contributed by atoms with Crippen molar-refractivity contribution in [3.63, 3.8) is 0 Å². The Hall–Kier alpha value is -4.00. The van der Waals surface area contributed by atoms with Crippen molar-refractivity contribution in [1.29, 1.82) is 0 Å². The van der Waals surface area contributed by atoms with Crippen LogP contribution < -0.4 is 11.2 Å². The van der Waals surface area contributed by atoms with Crippen LogP contribution in [-0.2, 0) is 23.7 Å². The van der Waals surface area contributed by atoms with Crippen molar-refractivity contribution in [2.75, 3.05) is 46.2 Å². The van der Waals surface area contributed by atoms with E-state index < -0.39 is 17.8 Å². The van der Waals surface area contributed by atoms with Gasteiger partial charge >= 0.3 is 5.97 Å². The van der Waals surface area contributed by atoms with E-state index in [1.165, 1.54) is 24.4 Å². The van der Waals surface area contributed by atoms with Gasteiger partial charge in [-0.25, -0.2) is 9.59 Å². The number of carbonyl (C=O) groups excluding carboxylic acids is 2. The van der Waals surface area contributed by atoms with Crippen molar-refractivity contribution in [1.82, 2.24) is 10.3 Å². The highest BCUT2D eigenvalue weighted by atomic mass is 16.5. The van der Waals surface area contributed by atoms with Crippen LogP contribution in [0, 0.1) is 0 Å². The fourth-order valence-electron chi connectivity index (χ4n) is 3.55. The highest BCUT2D eigenvalue weighted by Gasteiger charge is 2.18. The first-order valence-corrected chi connectivity index (χ1v) is 13.5. The summed E-state index contributed by atoms with van der Waals surface area (Å²) >= 11 is 0. The second-order valence-corrected chi connectivity index (χ2v) is 9.93. The summed E-state index contributed by atoms with van der Waals surface area (Å²) in [5.41, 5.74) is 1.52. The van der Waals surface area contributed by atoms with E-state index in [2.05, 4.69) is 20.4 Å². The maximum atomic E-state index is 12.4. The first kappa shape index (κ1) is 34.2. The van der Waals surface area contributed by atoms with E-state index in [1.54, 1.807) is 24.3 Å². The van der Waals surface area contributed by atoms with Crippen molar-refractivity contribution in [3.8, 4) is 0 Å². The monoisotopic (exact) mass is 585 g/mol. The van der Waals surface area contributed by atoms with Gasteiger partial charge in [-0.15, -0.1) is 0 Å². The number of aliphatic imine (C=N–C) groups is 1. The lowest BCUT2D eigenvalue weighted by Gasteiger charge is -2.23. The molecule has 1 aromatic heterocycles. The summed E-state index contributed by atoms with van der Waals surface area (Å²) in [6, 6.07) is 9.33. The molecule has 0 bridgehead atoms. The Morgan fingerprint density at radius 2 is 1.55 bits per heavy atom. The molecule has 0 aliphatic heterocycles. The van der Waals surface area contributed by atoms with Gasteiger partial charge in [0.1, 0.15) is 5.71 Å². The van der Waals surface area contributed by atoms with Crippen LogP contribution in [0.25, 0.3) is 0 Å². The summed E-state index contributed by atoms with van der Waals surface area (Å²) in [6.07, 6.45) is 3.44. The van der Waals surface area contributed by atoms with E-state index in [-0.39, 0.29) is 11.5 Å². The molecule has 1 atom stereocenters. The highest BCUT2D eigenvalue weighted by molar-refractivity contribution is 6.12. The molecule has 0 aliphatic rings. The van der Waals surface area contributed by atoms with E-state index in [0.29, 0.717) is 81.6 Å². The van der Waals surface area contributed by atoms with Crippen molar-refractivity contribution in [2.45, 2.75) is 45.4 Å². The first-order valence-electron chi connectivity index (χ1n) is 13.5. The van der Waals surface area contributed by atoms with E-state index in [0.717, 1.165) is 0 Å². The smallest absolute Gasteiger partial charge is 0.335 e. The summed E-state index contributed by atoms with van der Waals surface area (Å²) in [5.74, 6) is 4.23. The third-order valence-corrected chi connectivity index (χ3v) is 5.49. The Balaban J connectivity index is 1.55. The van der Waals surface area contributed by atoms with Gasteiger partial charge in [-0.2, -0.15) is 10.1 Å². The van der Waals surface area contributed by atoms with Gasteiger partial charge in [0.25, 0.3) is 5.91 Å². The SMILES string of the molecule is CC(C)(C)OC(CCOCCOCCOCCCNC(=O)c1ccc(C(=NN)c2ccc(C(=O)O)cc2)nc1)N=C=O. The molecule has 0 spiro atoms. The zero-order valence-electron chi connectivity index (χ0n) is 24.2. The number of carboxylic acids is 1. The minimum atomic E-state index is -1.03. The van der Waals surface area contributed by atoms with Crippen LogP contribution in [0.5, 0.6) is 0 Å². The van der Waals surface area contributed by atoms with Crippen molar-refractivity contribution >= 4 is 23.7 Å². The molecule has 2 rings (SSSR count). The number of aromatic carboxylic acids is 1. The molecule has 0 radical (unpaired) electrons. The molecule has 0 fully saturated rings. The fourth-order valence-corrected chi connectivity index (χ4v) is 3.55. The van der Waals surface area contributed by atoms with E-state index >= 15 is 0 Å². The Morgan fingerprint density at radius 3 is 2.10 bits per heavy atom. The average Bonchev–Trinajstić information content (AvgIpc) is 2.95. The second-order valence-electron chi connectivity index (χ2n) is 9.93. The number of carbonyl (C=O) groups is 2. The van der Waals surface area contributed by atoms with Gasteiger partial charge in [-0.05, 0) is 51.5 Å². The summed E-state index contributed by atoms with van der Waals surface area (Å²) in [5, 5.41) is 15.6. The number of aromatic nitrogens is 1. The summed E-state index contributed by atoms with van der Waals surface area (Å²) < 4.78 is 22.1. The molecule has 228 valence electrons. The molecule has 42 heavy (non-hydrogen) atoms. The van der Waals surface area contributed by atoms with Crippen LogP contribution in [-0.4, -0.2) is 91.8 Å². The van der Waals surface area contributed by atoms with Gasteiger partial charge in [0, 0.05) is 31.3 Å². The minimum absolute atomic E-state index is 0.146. The van der Waals surface area contributed by atoms with Crippen LogP contribution in [0.3, 0.4) is 0 Å². The van der Waals surface area contributed by atoms with Gasteiger partial charge in [0.05, 0.1) is 55.5 Å². The van der Waals surface area contributed by atoms with E-state index in [9.17, 15) is 14.4 Å². The Kier molecular flexibility index (Phi) is 15.0. The molecule has 1 unspecified atom stereocenters. The third kappa shape index (κ3) is 13.1. The number of nitrogens with zero attached hydrogens (tertiary/aromatic N) is 3. The molecule has 2 aromatic rings. The molecule has 0 aliphatic carbocycles. The van der Waals surface area contributed by atoms with Gasteiger partial charge in [0.2, 0.25) is 6.08 Å². The van der Waals surface area contributed by atoms with Crippen LogP contribution in [0.1, 0.15) is 65.6 Å². The van der Waals surface area contributed by atoms with Crippen LogP contribution in [0.4, 0.5) is 0 Å². The molecule has 13 heteroatoms. The number of nitrogens with two attached hydrogens (primary N) is 1. The lowest BCUT2D eigenvalue weighted by molar-refractivity contribution is -0.0693. The number of carboxylic acid groups (broad SMARTS) is 1. The quantitative estimate of drug-likeness (QED) is 0.0728. The van der Waals surface area contributed by atoms with Gasteiger partial charge in [-0.1, -0.05) is 12.1 Å². The molecule has 0 saturated heterocycles. The van der Waals surface area contributed by atoms with Crippen molar-refractivity contribution in [2.24, 2.45) is 15.9 Å². The molecule has 1 aromatic carbocycles. The number of pyridine rings is 1. The number of amides is 1. The predicted molar refractivity (Wildman–Crippen MR) is 154 cm³/mol. The molecule has 1 amide bonds. The van der Waals surface area contributed by atoms with Gasteiger partial charge < -0.3 is 35.2 Å². The largest absolute Gasteiger partial charge is 0.478 e. The summed E-state index contributed by atoms with van der Waals surface area (Å²) in [6.45, 7) is 8.55. The molecule has 13 nitrogen and oxygen atoms in total. The Labute approximate surface area is 245 Å². The Bertz CT molecular complexity index is 1190. The lowest BCUT2D eigenvalue weighted by Crippen LogP contribution is -2.27. The average molecular weight is 586 g/mol. The van der Waals surface area contributed by atoms with Crippen LogP contribution in [0.15, 0.2) is 52.7 Å². The number of rotatable bonds is 19. The number of nitrogens with one attached hydrogen (secondary N) is 1. The van der Waals surface area contributed by atoms with Crippen molar-refractivity contribution in [3.05, 3.63) is 65.0 Å². The molecule has 0 saturated carbocycles. The maximum absolute atomic E-state index is 12.4. The van der Waals surface area contributed by atoms with Crippen molar-refractivity contribution < 1.29 is 38.4 Å². The van der Waals surface area contributed by atoms with Gasteiger partial charge in [0.15, 0.2) is 6.23 Å². The maximum Gasteiger partial charge on any atom is 0.335 e. The number of benzene rings is 1. The number of isocyanates is 1. The van der Waals surface area contributed by atoms with Crippen LogP contribution in [0.2, 0.25) is 0 Å². The fraction of sp³-hybridized carbons (Fsp3) is 0.483. The molecular weight excluding hydrogens is 546 g/mol. The normalized spacial score (nSPS) is 12.4. The highest BCUT2D eigenvalue weighted by Crippen LogP contribution is 2.14. The summed E-state index contributed by atoms with van der Waals surface area (Å²) in [4.78, 5) is 41.9. The first-order chi connectivity index (χ1) is 20.1. The zero-order valence-corrected chi connectivity index (χ0v) is 24.2. The number of hydrogen-bond donors (Lipinski definition) is 3. The standard InChI is InChI=1S/C29H39N5O8/c1-29(2,3)42-25(33-20-35)11-14-40-16-18-41-17-15-39-13-4-12-31-27(36)23-9-10-24(32-19-23)26(34-30)21-5-7-22(8-6-21)28(37)38/h5-10,19,25H,4,11-18,30H2,1-3H3,(H,31,36)(H,37,38). The zero-order chi connectivity index (χ0) is 30.8. The third-order valence-electron chi connectivity index (χ3n) is 5.49. The van der Waals surface area contributed by atoms with Crippen LogP contribution >= 0.6 is 0 Å². The molecule has 4 N–H and O–H groups in total. The number of ether oxygens (including phenoxy) is 4. The minimum Gasteiger partial charge on any atom is -0.478 e. The molecule has 1 heterocycles. The van der Waals surface area contributed by atoms with E-state index in [1.807, 2.05) is 20.8 Å². The Morgan fingerprint density at radius 1 is 0.952 bits per heavy atom. The number of hydrogen-bond acceptors (Lipinski definition) is 11.